The molecule has 1 aromatic rings. The molecule has 0 spiro atoms. The number of hydrogen-bond donors (Lipinski definition) is 3. The maximum absolute atomic E-state index is 11.1. The molecular formula is C11H16N4O. The summed E-state index contributed by atoms with van der Waals surface area (Å²) in [5.74, 6) is 0.873. The molecule has 0 atom stereocenters. The lowest BCUT2D eigenvalue weighted by Crippen LogP contribution is -2.22. The SMILES string of the molecule is NC(=O)c1cc(NCC2CCC2)ncc1N. The number of nitrogens with zero attached hydrogens (tertiary/aromatic N) is 1. The van der Waals surface area contributed by atoms with Crippen molar-refractivity contribution in [2.24, 2.45) is 11.7 Å². The van der Waals surface area contributed by atoms with Crippen LogP contribution >= 0.6 is 0 Å². The summed E-state index contributed by atoms with van der Waals surface area (Å²) in [6.07, 6.45) is 5.31. The van der Waals surface area contributed by atoms with Gasteiger partial charge in [-0.3, -0.25) is 4.79 Å². The van der Waals surface area contributed by atoms with Crippen LogP contribution in [-0.2, 0) is 0 Å². The summed E-state index contributed by atoms with van der Waals surface area (Å²) in [6.45, 7) is 0.898. The van der Waals surface area contributed by atoms with E-state index in [1.807, 2.05) is 0 Å². The predicted molar refractivity (Wildman–Crippen MR) is 63.0 cm³/mol. The topological polar surface area (TPSA) is 94.0 Å². The number of pyridine rings is 1. The van der Waals surface area contributed by atoms with Gasteiger partial charge < -0.3 is 16.8 Å². The Bertz CT molecular complexity index is 401. The Kier molecular flexibility index (Phi) is 2.94. The van der Waals surface area contributed by atoms with Gasteiger partial charge in [-0.25, -0.2) is 4.98 Å². The first-order chi connectivity index (χ1) is 7.66. The Morgan fingerprint density at radius 1 is 1.56 bits per heavy atom. The van der Waals surface area contributed by atoms with Crippen LogP contribution in [0.15, 0.2) is 12.3 Å². The first kappa shape index (κ1) is 10.7. The fraction of sp³-hybridized carbons (Fsp3) is 0.455. The molecule has 5 nitrogen and oxygen atoms in total. The van der Waals surface area contributed by atoms with Crippen molar-refractivity contribution in [3.05, 3.63) is 17.8 Å². The number of aromatic nitrogens is 1. The lowest BCUT2D eigenvalue weighted by atomic mass is 9.85. The first-order valence-corrected chi connectivity index (χ1v) is 5.46. The van der Waals surface area contributed by atoms with E-state index in [2.05, 4.69) is 10.3 Å². The summed E-state index contributed by atoms with van der Waals surface area (Å²) in [6, 6.07) is 1.61. The zero-order chi connectivity index (χ0) is 11.5. The highest BCUT2D eigenvalue weighted by Crippen LogP contribution is 2.26. The van der Waals surface area contributed by atoms with Gasteiger partial charge in [-0.15, -0.1) is 0 Å². The number of nitrogen functional groups attached to an aromatic ring is 1. The summed E-state index contributed by atoms with van der Waals surface area (Å²) in [4.78, 5) is 15.2. The molecule has 2 rings (SSSR count). The Morgan fingerprint density at radius 2 is 2.31 bits per heavy atom. The van der Waals surface area contributed by atoms with Crippen LogP contribution < -0.4 is 16.8 Å². The van der Waals surface area contributed by atoms with E-state index in [0.29, 0.717) is 17.1 Å². The molecule has 0 aromatic carbocycles. The quantitative estimate of drug-likeness (QED) is 0.704. The van der Waals surface area contributed by atoms with E-state index >= 15 is 0 Å². The predicted octanol–water partition coefficient (Wildman–Crippen LogP) is 0.975. The summed E-state index contributed by atoms with van der Waals surface area (Å²) in [7, 11) is 0. The van der Waals surface area contributed by atoms with E-state index in [4.69, 9.17) is 11.5 Å². The Hall–Kier alpha value is -1.78. The number of nitrogens with two attached hydrogens (primary N) is 2. The van der Waals surface area contributed by atoms with E-state index in [1.54, 1.807) is 6.07 Å². The molecule has 1 saturated carbocycles. The summed E-state index contributed by atoms with van der Waals surface area (Å²) < 4.78 is 0. The number of carbonyl (C=O) groups is 1. The molecule has 0 radical (unpaired) electrons. The standard InChI is InChI=1S/C11H16N4O/c12-9-6-15-10(4-8(9)11(13)16)14-5-7-2-1-3-7/h4,6-7H,1-3,5,12H2,(H2,13,16)(H,14,15). The third kappa shape index (κ3) is 2.24. The van der Waals surface area contributed by atoms with E-state index in [0.717, 1.165) is 12.5 Å². The highest BCUT2D eigenvalue weighted by Gasteiger charge is 2.17. The van der Waals surface area contributed by atoms with Gasteiger partial charge in [0.1, 0.15) is 5.82 Å². The molecule has 0 unspecified atom stereocenters. The average Bonchev–Trinajstić information content (AvgIpc) is 2.17. The third-order valence-corrected chi connectivity index (χ3v) is 3.00. The highest BCUT2D eigenvalue weighted by molar-refractivity contribution is 5.98. The van der Waals surface area contributed by atoms with Crippen LogP contribution in [-0.4, -0.2) is 17.4 Å². The number of hydrogen-bond acceptors (Lipinski definition) is 4. The van der Waals surface area contributed by atoms with Crippen LogP contribution in [0.5, 0.6) is 0 Å². The van der Waals surface area contributed by atoms with Gasteiger partial charge in [0, 0.05) is 6.54 Å². The van der Waals surface area contributed by atoms with Gasteiger partial charge in [0.05, 0.1) is 17.4 Å². The van der Waals surface area contributed by atoms with E-state index in [1.165, 1.54) is 25.5 Å². The zero-order valence-electron chi connectivity index (χ0n) is 9.07. The molecule has 86 valence electrons. The second-order valence-electron chi connectivity index (χ2n) is 4.20. The van der Waals surface area contributed by atoms with Gasteiger partial charge >= 0.3 is 0 Å². The largest absolute Gasteiger partial charge is 0.397 e. The number of carbonyl (C=O) groups excluding carboxylic acids is 1. The summed E-state index contributed by atoms with van der Waals surface area (Å²) in [5.41, 5.74) is 11.4. The third-order valence-electron chi connectivity index (χ3n) is 3.00. The van der Waals surface area contributed by atoms with Crippen molar-refractivity contribution in [2.75, 3.05) is 17.6 Å². The molecule has 1 aliphatic carbocycles. The molecule has 0 aliphatic heterocycles. The normalized spacial score (nSPS) is 15.5. The number of amides is 1. The molecule has 1 fully saturated rings. The van der Waals surface area contributed by atoms with Crippen molar-refractivity contribution < 1.29 is 4.79 Å². The summed E-state index contributed by atoms with van der Waals surface area (Å²) in [5, 5.41) is 3.19. The van der Waals surface area contributed by atoms with Crippen molar-refractivity contribution in [1.82, 2.24) is 4.98 Å². The van der Waals surface area contributed by atoms with Gasteiger partial charge in [0.2, 0.25) is 0 Å². The van der Waals surface area contributed by atoms with Crippen molar-refractivity contribution in [3.63, 3.8) is 0 Å². The van der Waals surface area contributed by atoms with Crippen LogP contribution in [0, 0.1) is 5.92 Å². The van der Waals surface area contributed by atoms with Crippen molar-refractivity contribution in [2.45, 2.75) is 19.3 Å². The van der Waals surface area contributed by atoms with E-state index < -0.39 is 5.91 Å². The molecule has 5 N–H and O–H groups in total. The van der Waals surface area contributed by atoms with Gasteiger partial charge in [-0.05, 0) is 24.8 Å². The maximum atomic E-state index is 11.1. The number of anilines is 2. The van der Waals surface area contributed by atoms with Crippen molar-refractivity contribution in [3.8, 4) is 0 Å². The lowest BCUT2D eigenvalue weighted by molar-refractivity contribution is 0.100. The molecule has 5 heteroatoms. The van der Waals surface area contributed by atoms with Crippen LogP contribution in [0.25, 0.3) is 0 Å². The molecular weight excluding hydrogens is 204 g/mol. The zero-order valence-corrected chi connectivity index (χ0v) is 9.07. The Balaban J connectivity index is 2.03. The van der Waals surface area contributed by atoms with E-state index in [9.17, 15) is 4.79 Å². The minimum absolute atomic E-state index is 0.321. The Morgan fingerprint density at radius 3 is 2.88 bits per heavy atom. The van der Waals surface area contributed by atoms with Crippen LogP contribution in [0.2, 0.25) is 0 Å². The summed E-state index contributed by atoms with van der Waals surface area (Å²) >= 11 is 0. The minimum atomic E-state index is -0.522. The number of primary amides is 1. The molecule has 0 saturated heterocycles. The molecule has 1 amide bonds. The van der Waals surface area contributed by atoms with Gasteiger partial charge in [-0.1, -0.05) is 6.42 Å². The van der Waals surface area contributed by atoms with E-state index in [-0.39, 0.29) is 0 Å². The Labute approximate surface area is 94.2 Å². The van der Waals surface area contributed by atoms with Crippen molar-refractivity contribution in [1.29, 1.82) is 0 Å². The second-order valence-corrected chi connectivity index (χ2v) is 4.20. The molecule has 1 aromatic heterocycles. The lowest BCUT2D eigenvalue weighted by Gasteiger charge is -2.25. The average molecular weight is 220 g/mol. The minimum Gasteiger partial charge on any atom is -0.397 e. The van der Waals surface area contributed by atoms with Gasteiger partial charge in [-0.2, -0.15) is 0 Å². The van der Waals surface area contributed by atoms with Gasteiger partial charge in [0.25, 0.3) is 5.91 Å². The molecule has 16 heavy (non-hydrogen) atoms. The fourth-order valence-electron chi connectivity index (χ4n) is 1.72. The van der Waals surface area contributed by atoms with Crippen molar-refractivity contribution >= 4 is 17.4 Å². The van der Waals surface area contributed by atoms with Gasteiger partial charge in [0.15, 0.2) is 0 Å². The fourth-order valence-corrected chi connectivity index (χ4v) is 1.72. The molecule has 1 aliphatic rings. The maximum Gasteiger partial charge on any atom is 0.250 e. The first-order valence-electron chi connectivity index (χ1n) is 5.46. The molecule has 1 heterocycles. The van der Waals surface area contributed by atoms with Crippen LogP contribution in [0.1, 0.15) is 29.6 Å². The number of rotatable bonds is 4. The molecule has 0 bridgehead atoms. The smallest absolute Gasteiger partial charge is 0.250 e. The van der Waals surface area contributed by atoms with Crippen LogP contribution in [0.3, 0.4) is 0 Å². The van der Waals surface area contributed by atoms with Crippen LogP contribution in [0.4, 0.5) is 11.5 Å². The second kappa shape index (κ2) is 4.38. The highest BCUT2D eigenvalue weighted by atomic mass is 16.1. The number of nitrogens with one attached hydrogen (secondary N) is 1. The monoisotopic (exact) mass is 220 g/mol.